The van der Waals surface area contributed by atoms with Gasteiger partial charge >= 0.3 is 0 Å². The van der Waals surface area contributed by atoms with Crippen LogP contribution in [0.25, 0.3) is 0 Å². The lowest BCUT2D eigenvalue weighted by atomic mass is 10.2. The molecule has 0 aliphatic rings. The van der Waals surface area contributed by atoms with Crippen LogP contribution in [0.15, 0.2) is 12.1 Å². The Morgan fingerprint density at radius 3 is 2.82 bits per heavy atom. The minimum atomic E-state index is -1.17. The first-order chi connectivity index (χ1) is 8.06. The SMILES string of the molecule is CCCOCC(=O)Nc1c(N)ccc(F)c1F. The smallest absolute Gasteiger partial charge is 0.250 e. The minimum absolute atomic E-state index is 0.0345. The monoisotopic (exact) mass is 244 g/mol. The summed E-state index contributed by atoms with van der Waals surface area (Å²) in [5.41, 5.74) is 5.04. The topological polar surface area (TPSA) is 64.3 Å². The average molecular weight is 244 g/mol. The van der Waals surface area contributed by atoms with Gasteiger partial charge in [-0.25, -0.2) is 8.78 Å². The van der Waals surface area contributed by atoms with Crippen molar-refractivity contribution in [2.75, 3.05) is 24.3 Å². The van der Waals surface area contributed by atoms with Gasteiger partial charge in [-0.15, -0.1) is 0 Å². The van der Waals surface area contributed by atoms with E-state index in [4.69, 9.17) is 10.5 Å². The second-order valence-corrected chi connectivity index (χ2v) is 3.43. The lowest BCUT2D eigenvalue weighted by Crippen LogP contribution is -2.20. The number of benzene rings is 1. The summed E-state index contributed by atoms with van der Waals surface area (Å²) in [5, 5.41) is 2.17. The molecule has 0 aliphatic carbocycles. The number of halogens is 2. The molecular formula is C11H14F2N2O2. The van der Waals surface area contributed by atoms with Crippen molar-refractivity contribution in [2.24, 2.45) is 0 Å². The Bertz CT molecular complexity index is 411. The van der Waals surface area contributed by atoms with Crippen LogP contribution in [-0.4, -0.2) is 19.1 Å². The highest BCUT2D eigenvalue weighted by Crippen LogP contribution is 2.24. The summed E-state index contributed by atoms with van der Waals surface area (Å²) in [6.45, 7) is 2.10. The van der Waals surface area contributed by atoms with Crippen LogP contribution in [0.5, 0.6) is 0 Å². The fourth-order valence-electron chi connectivity index (χ4n) is 1.18. The molecule has 6 heteroatoms. The summed E-state index contributed by atoms with van der Waals surface area (Å²) >= 11 is 0. The number of nitrogens with one attached hydrogen (secondary N) is 1. The Balaban J connectivity index is 2.68. The zero-order valence-electron chi connectivity index (χ0n) is 9.43. The fraction of sp³-hybridized carbons (Fsp3) is 0.364. The molecule has 0 unspecified atom stereocenters. The van der Waals surface area contributed by atoms with Gasteiger partial charge in [0.05, 0.1) is 5.69 Å². The normalized spacial score (nSPS) is 10.3. The second kappa shape index (κ2) is 6.15. The molecule has 0 saturated carbocycles. The van der Waals surface area contributed by atoms with Gasteiger partial charge in [0.25, 0.3) is 5.91 Å². The van der Waals surface area contributed by atoms with Crippen molar-refractivity contribution in [2.45, 2.75) is 13.3 Å². The number of amides is 1. The number of ether oxygens (including phenoxy) is 1. The number of rotatable bonds is 5. The maximum atomic E-state index is 13.3. The van der Waals surface area contributed by atoms with E-state index < -0.39 is 17.5 Å². The lowest BCUT2D eigenvalue weighted by molar-refractivity contribution is -0.120. The van der Waals surface area contributed by atoms with Gasteiger partial charge in [0.15, 0.2) is 11.6 Å². The predicted octanol–water partition coefficient (Wildman–Crippen LogP) is 1.91. The molecule has 0 atom stereocenters. The van der Waals surface area contributed by atoms with Crippen LogP contribution in [0, 0.1) is 11.6 Å². The molecule has 0 aliphatic heterocycles. The molecule has 1 rings (SSSR count). The summed E-state index contributed by atoms with van der Waals surface area (Å²) in [4.78, 5) is 11.3. The molecule has 3 N–H and O–H groups in total. The summed E-state index contributed by atoms with van der Waals surface area (Å²) in [6.07, 6.45) is 0.768. The van der Waals surface area contributed by atoms with Gasteiger partial charge < -0.3 is 15.8 Å². The first-order valence-corrected chi connectivity index (χ1v) is 5.17. The molecule has 0 radical (unpaired) electrons. The maximum absolute atomic E-state index is 13.3. The van der Waals surface area contributed by atoms with Crippen molar-refractivity contribution in [1.82, 2.24) is 0 Å². The van der Waals surface area contributed by atoms with Gasteiger partial charge in [0, 0.05) is 6.61 Å². The van der Waals surface area contributed by atoms with Gasteiger partial charge in [0.2, 0.25) is 0 Å². The van der Waals surface area contributed by atoms with E-state index in [-0.39, 0.29) is 18.0 Å². The van der Waals surface area contributed by atoms with E-state index in [1.54, 1.807) is 0 Å². The number of nitrogen functional groups attached to an aromatic ring is 1. The van der Waals surface area contributed by atoms with Gasteiger partial charge in [-0.05, 0) is 18.6 Å². The highest BCUT2D eigenvalue weighted by molar-refractivity contribution is 5.94. The van der Waals surface area contributed by atoms with Crippen molar-refractivity contribution >= 4 is 17.3 Å². The van der Waals surface area contributed by atoms with Gasteiger partial charge in [0.1, 0.15) is 12.3 Å². The van der Waals surface area contributed by atoms with Crippen LogP contribution in [-0.2, 0) is 9.53 Å². The largest absolute Gasteiger partial charge is 0.397 e. The molecule has 1 aromatic rings. The number of nitrogens with two attached hydrogens (primary N) is 1. The molecule has 94 valence electrons. The first kappa shape index (κ1) is 13.4. The summed E-state index contributed by atoms with van der Waals surface area (Å²) in [5.74, 6) is -2.81. The molecule has 0 spiro atoms. The average Bonchev–Trinajstić information content (AvgIpc) is 2.30. The van der Waals surface area contributed by atoms with Crippen LogP contribution in [0.1, 0.15) is 13.3 Å². The quantitative estimate of drug-likeness (QED) is 0.614. The van der Waals surface area contributed by atoms with Crippen LogP contribution in [0.2, 0.25) is 0 Å². The van der Waals surface area contributed by atoms with Gasteiger partial charge in [-0.2, -0.15) is 0 Å². The molecule has 4 nitrogen and oxygen atoms in total. The Morgan fingerprint density at radius 1 is 1.47 bits per heavy atom. The number of anilines is 2. The number of hydrogen-bond donors (Lipinski definition) is 2. The van der Waals surface area contributed by atoms with E-state index in [2.05, 4.69) is 5.32 Å². The summed E-state index contributed by atoms with van der Waals surface area (Å²) < 4.78 is 31.2. The second-order valence-electron chi connectivity index (χ2n) is 3.43. The van der Waals surface area contributed by atoms with Crippen LogP contribution in [0.3, 0.4) is 0 Å². The molecule has 1 aromatic carbocycles. The third-order valence-electron chi connectivity index (χ3n) is 1.97. The van der Waals surface area contributed by atoms with E-state index in [1.165, 1.54) is 6.07 Å². The lowest BCUT2D eigenvalue weighted by Gasteiger charge is -2.09. The van der Waals surface area contributed by atoms with Crippen LogP contribution >= 0.6 is 0 Å². The zero-order valence-corrected chi connectivity index (χ0v) is 9.43. The molecule has 1 amide bonds. The summed E-state index contributed by atoms with van der Waals surface area (Å²) in [6, 6.07) is 2.08. The maximum Gasteiger partial charge on any atom is 0.250 e. The Kier molecular flexibility index (Phi) is 4.84. The Hall–Kier alpha value is -1.69. The Morgan fingerprint density at radius 2 is 2.18 bits per heavy atom. The van der Waals surface area contributed by atoms with Crippen molar-refractivity contribution in [3.05, 3.63) is 23.8 Å². The van der Waals surface area contributed by atoms with E-state index in [1.807, 2.05) is 6.92 Å². The molecule has 0 bridgehead atoms. The van der Waals surface area contributed by atoms with Crippen LogP contribution in [0.4, 0.5) is 20.2 Å². The van der Waals surface area contributed by atoms with E-state index >= 15 is 0 Å². The highest BCUT2D eigenvalue weighted by atomic mass is 19.2. The molecule has 17 heavy (non-hydrogen) atoms. The van der Waals surface area contributed by atoms with Crippen LogP contribution < -0.4 is 11.1 Å². The molecule has 0 aromatic heterocycles. The number of carbonyl (C=O) groups excluding carboxylic acids is 1. The number of carbonyl (C=O) groups is 1. The van der Waals surface area contributed by atoms with Gasteiger partial charge in [-0.1, -0.05) is 6.92 Å². The number of hydrogen-bond acceptors (Lipinski definition) is 3. The highest BCUT2D eigenvalue weighted by Gasteiger charge is 2.14. The first-order valence-electron chi connectivity index (χ1n) is 5.17. The van der Waals surface area contributed by atoms with Gasteiger partial charge in [-0.3, -0.25) is 4.79 Å². The zero-order chi connectivity index (χ0) is 12.8. The molecule has 0 heterocycles. The molecular weight excluding hydrogens is 230 g/mol. The predicted molar refractivity (Wildman–Crippen MR) is 60.5 cm³/mol. The van der Waals surface area contributed by atoms with E-state index in [0.717, 1.165) is 12.5 Å². The molecule has 0 fully saturated rings. The fourth-order valence-corrected chi connectivity index (χ4v) is 1.18. The standard InChI is InChI=1S/C11H14F2N2O2/c1-2-5-17-6-9(16)15-11-8(14)4-3-7(12)10(11)13/h3-4H,2,5-6,14H2,1H3,(H,15,16). The van der Waals surface area contributed by atoms with E-state index in [0.29, 0.717) is 6.61 Å². The van der Waals surface area contributed by atoms with Crippen molar-refractivity contribution in [1.29, 1.82) is 0 Å². The van der Waals surface area contributed by atoms with Crippen molar-refractivity contribution in [3.63, 3.8) is 0 Å². The molecule has 0 saturated heterocycles. The third kappa shape index (κ3) is 3.67. The Labute approximate surface area is 97.8 Å². The van der Waals surface area contributed by atoms with E-state index in [9.17, 15) is 13.6 Å². The van der Waals surface area contributed by atoms with Crippen molar-refractivity contribution < 1.29 is 18.3 Å². The third-order valence-corrected chi connectivity index (χ3v) is 1.97. The van der Waals surface area contributed by atoms with Crippen molar-refractivity contribution in [3.8, 4) is 0 Å². The minimum Gasteiger partial charge on any atom is -0.397 e. The summed E-state index contributed by atoms with van der Waals surface area (Å²) in [7, 11) is 0.